The Morgan fingerprint density at radius 2 is 0.480 bits per heavy atom. The van der Waals surface area contributed by atoms with Crippen molar-refractivity contribution in [3.05, 3.63) is 134 Å². The summed E-state index contributed by atoms with van der Waals surface area (Å²) in [5, 5.41) is 0. The summed E-state index contributed by atoms with van der Waals surface area (Å²) in [5.74, 6) is -0.964. The van der Waals surface area contributed by atoms with Gasteiger partial charge in [0.05, 0.1) is 0 Å². The Labute approximate surface area is 462 Å². The van der Waals surface area contributed by atoms with Gasteiger partial charge in [0.15, 0.2) is 6.10 Å². The van der Waals surface area contributed by atoms with Crippen LogP contribution in [0.2, 0.25) is 0 Å². The third-order valence-electron chi connectivity index (χ3n) is 12.6. The fourth-order valence-corrected chi connectivity index (χ4v) is 8.15. The van der Waals surface area contributed by atoms with Crippen molar-refractivity contribution in [2.75, 3.05) is 13.2 Å². The van der Waals surface area contributed by atoms with Gasteiger partial charge in [0.25, 0.3) is 0 Å². The molecule has 0 aliphatic carbocycles. The summed E-state index contributed by atoms with van der Waals surface area (Å²) >= 11 is 0. The van der Waals surface area contributed by atoms with Crippen LogP contribution in [0.25, 0.3) is 0 Å². The number of carbonyl (C=O) groups excluding carboxylic acids is 3. The van der Waals surface area contributed by atoms with Crippen molar-refractivity contribution in [1.82, 2.24) is 0 Å². The summed E-state index contributed by atoms with van der Waals surface area (Å²) in [6, 6.07) is 0. The molecule has 0 amide bonds. The summed E-state index contributed by atoms with van der Waals surface area (Å²) in [4.78, 5) is 38.1. The summed E-state index contributed by atoms with van der Waals surface area (Å²) in [6.07, 6.45) is 87.6. The molecule has 1 unspecified atom stereocenters. The molecular formula is C69H112O6. The van der Waals surface area contributed by atoms with E-state index in [-0.39, 0.29) is 37.5 Å². The molecule has 6 nitrogen and oxygen atoms in total. The predicted octanol–water partition coefficient (Wildman–Crippen LogP) is 21.0. The SMILES string of the molecule is CC/C=C\C/C=C\C/C=C\C/C=C\C/C=C\CCCCCCCCCCCCCCCCCC(=O)OCC(COC(=O)CCCCC/C=C\C/C=C\C/C=C\CC)OC(=O)CCCCC/C=C\C/C=C\C/C=C\CC. The average Bonchev–Trinajstić information content (AvgIpc) is 3.41. The molecule has 0 aliphatic rings. The molecule has 0 spiro atoms. The Morgan fingerprint density at radius 3 is 0.760 bits per heavy atom. The highest BCUT2D eigenvalue weighted by molar-refractivity contribution is 5.71. The van der Waals surface area contributed by atoms with Crippen LogP contribution in [0.5, 0.6) is 0 Å². The van der Waals surface area contributed by atoms with Gasteiger partial charge in [-0.2, -0.15) is 0 Å². The van der Waals surface area contributed by atoms with Gasteiger partial charge >= 0.3 is 17.9 Å². The molecule has 75 heavy (non-hydrogen) atoms. The number of ether oxygens (including phenoxy) is 3. The standard InChI is InChI=1S/C69H112O6/c1-4-7-10-13-16-19-22-25-26-27-28-29-30-31-32-33-34-35-36-37-38-39-40-41-42-45-47-50-53-56-59-62-68(71)74-65-66(75-69(72)63-60-57-54-51-48-44-24-21-18-15-12-9-6-3)64-73-67(70)61-58-55-52-49-46-43-23-20-17-14-11-8-5-2/h7-12,16-21,25-26,28-29,31-32,43-44,46,48,66H,4-6,13-15,22-24,27,30,33-42,45,47,49-65H2,1-3H3/b10-7-,11-8-,12-9-,19-16-,20-17-,21-18-,26-25-,29-28-,32-31-,46-43-,48-44-. The molecular weight excluding hydrogens is 925 g/mol. The van der Waals surface area contributed by atoms with Gasteiger partial charge in [0, 0.05) is 19.3 Å². The molecule has 424 valence electrons. The third-order valence-corrected chi connectivity index (χ3v) is 12.6. The van der Waals surface area contributed by atoms with Crippen molar-refractivity contribution < 1.29 is 28.6 Å². The van der Waals surface area contributed by atoms with Crippen molar-refractivity contribution in [3.63, 3.8) is 0 Å². The van der Waals surface area contributed by atoms with E-state index in [9.17, 15) is 14.4 Å². The number of unbranched alkanes of at least 4 members (excludes halogenated alkanes) is 21. The lowest BCUT2D eigenvalue weighted by Crippen LogP contribution is -2.30. The van der Waals surface area contributed by atoms with Gasteiger partial charge in [0.2, 0.25) is 0 Å². The topological polar surface area (TPSA) is 78.9 Å². The molecule has 0 aromatic rings. The van der Waals surface area contributed by atoms with E-state index < -0.39 is 6.10 Å². The first-order chi connectivity index (χ1) is 37.0. The molecule has 0 aliphatic heterocycles. The number of allylic oxidation sites excluding steroid dienone is 22. The van der Waals surface area contributed by atoms with Crippen LogP contribution in [-0.2, 0) is 28.6 Å². The maximum atomic E-state index is 12.8. The first-order valence-corrected chi connectivity index (χ1v) is 30.7. The minimum atomic E-state index is -0.808. The highest BCUT2D eigenvalue weighted by Crippen LogP contribution is 2.15. The van der Waals surface area contributed by atoms with E-state index in [0.29, 0.717) is 12.8 Å². The van der Waals surface area contributed by atoms with Gasteiger partial charge in [-0.1, -0.05) is 251 Å². The largest absolute Gasteiger partial charge is 0.462 e. The fraction of sp³-hybridized carbons (Fsp3) is 0.638. The molecule has 0 saturated carbocycles. The first kappa shape index (κ1) is 70.5. The van der Waals surface area contributed by atoms with Gasteiger partial charge in [-0.25, -0.2) is 0 Å². The molecule has 1 atom stereocenters. The van der Waals surface area contributed by atoms with E-state index in [1.54, 1.807) is 0 Å². The van der Waals surface area contributed by atoms with Crippen LogP contribution < -0.4 is 0 Å². The minimum Gasteiger partial charge on any atom is -0.462 e. The Kier molecular flexibility index (Phi) is 58.4. The lowest BCUT2D eigenvalue weighted by Gasteiger charge is -2.18. The maximum absolute atomic E-state index is 12.8. The van der Waals surface area contributed by atoms with Crippen LogP contribution in [0.15, 0.2) is 134 Å². The van der Waals surface area contributed by atoms with Gasteiger partial charge in [0.1, 0.15) is 13.2 Å². The second-order valence-electron chi connectivity index (χ2n) is 19.8. The zero-order valence-corrected chi connectivity index (χ0v) is 48.5. The van der Waals surface area contributed by atoms with E-state index in [1.165, 1.54) is 83.5 Å². The van der Waals surface area contributed by atoms with Crippen LogP contribution in [-0.4, -0.2) is 37.2 Å². The number of rotatable bonds is 54. The zero-order valence-electron chi connectivity index (χ0n) is 48.5. The lowest BCUT2D eigenvalue weighted by molar-refractivity contribution is -0.167. The van der Waals surface area contributed by atoms with Crippen molar-refractivity contribution in [2.45, 2.75) is 271 Å². The Bertz CT molecular complexity index is 1620. The highest BCUT2D eigenvalue weighted by atomic mass is 16.6. The van der Waals surface area contributed by atoms with Crippen molar-refractivity contribution in [3.8, 4) is 0 Å². The molecule has 6 heteroatoms. The van der Waals surface area contributed by atoms with E-state index in [0.717, 1.165) is 141 Å². The Morgan fingerprint density at radius 1 is 0.267 bits per heavy atom. The molecule has 0 N–H and O–H groups in total. The molecule has 0 heterocycles. The average molecular weight is 1040 g/mol. The minimum absolute atomic E-state index is 0.102. The van der Waals surface area contributed by atoms with E-state index >= 15 is 0 Å². The van der Waals surface area contributed by atoms with Crippen molar-refractivity contribution in [2.24, 2.45) is 0 Å². The van der Waals surface area contributed by atoms with Gasteiger partial charge in [-0.15, -0.1) is 0 Å². The second-order valence-corrected chi connectivity index (χ2v) is 19.8. The molecule has 0 radical (unpaired) electrons. The molecule has 0 aromatic heterocycles. The fourth-order valence-electron chi connectivity index (χ4n) is 8.15. The van der Waals surface area contributed by atoms with Crippen molar-refractivity contribution >= 4 is 17.9 Å². The normalized spacial score (nSPS) is 13.1. The molecule has 0 bridgehead atoms. The molecule has 0 saturated heterocycles. The lowest BCUT2D eigenvalue weighted by atomic mass is 10.0. The first-order valence-electron chi connectivity index (χ1n) is 30.7. The van der Waals surface area contributed by atoms with Crippen LogP contribution in [0.1, 0.15) is 265 Å². The van der Waals surface area contributed by atoms with Gasteiger partial charge < -0.3 is 14.2 Å². The van der Waals surface area contributed by atoms with Crippen LogP contribution in [0.4, 0.5) is 0 Å². The Balaban J connectivity index is 4.22. The summed E-state index contributed by atoms with van der Waals surface area (Å²) < 4.78 is 16.8. The van der Waals surface area contributed by atoms with E-state index in [1.807, 2.05) is 0 Å². The predicted molar refractivity (Wildman–Crippen MR) is 325 cm³/mol. The quantitative estimate of drug-likeness (QED) is 0.0261. The Hall–Kier alpha value is -4.45. The van der Waals surface area contributed by atoms with Crippen LogP contribution >= 0.6 is 0 Å². The number of hydrogen-bond acceptors (Lipinski definition) is 6. The second kappa shape index (κ2) is 62.1. The summed E-state index contributed by atoms with van der Waals surface area (Å²) in [6.45, 7) is 6.24. The summed E-state index contributed by atoms with van der Waals surface area (Å²) in [7, 11) is 0. The van der Waals surface area contributed by atoms with Crippen molar-refractivity contribution in [1.29, 1.82) is 0 Å². The molecule has 0 fully saturated rings. The van der Waals surface area contributed by atoms with E-state index in [2.05, 4.69) is 154 Å². The molecule has 0 rings (SSSR count). The third kappa shape index (κ3) is 60.3. The monoisotopic (exact) mass is 1040 g/mol. The van der Waals surface area contributed by atoms with E-state index in [4.69, 9.17) is 14.2 Å². The molecule has 0 aromatic carbocycles. The highest BCUT2D eigenvalue weighted by Gasteiger charge is 2.19. The smallest absolute Gasteiger partial charge is 0.306 e. The van der Waals surface area contributed by atoms with Gasteiger partial charge in [-0.3, -0.25) is 14.4 Å². The number of carbonyl (C=O) groups is 3. The number of hydrogen-bond donors (Lipinski definition) is 0. The van der Waals surface area contributed by atoms with Gasteiger partial charge in [-0.05, 0) is 128 Å². The van der Waals surface area contributed by atoms with Crippen LogP contribution in [0.3, 0.4) is 0 Å². The zero-order chi connectivity index (χ0) is 54.3. The number of esters is 3. The van der Waals surface area contributed by atoms with Crippen LogP contribution in [0, 0.1) is 0 Å². The maximum Gasteiger partial charge on any atom is 0.306 e. The summed E-state index contributed by atoms with van der Waals surface area (Å²) in [5.41, 5.74) is 0.